The summed E-state index contributed by atoms with van der Waals surface area (Å²) in [7, 11) is 0. The molecule has 0 spiro atoms. The second kappa shape index (κ2) is 5.31. The summed E-state index contributed by atoms with van der Waals surface area (Å²) >= 11 is 0. The van der Waals surface area contributed by atoms with Crippen molar-refractivity contribution in [3.8, 4) is 0 Å². The SMILES string of the molecule is CCC1c2cccn2CCN1C(=O)c1cc(C)nc(C)n1. The predicted molar refractivity (Wildman–Crippen MR) is 80.0 cm³/mol. The van der Waals surface area contributed by atoms with Crippen LogP contribution in [0.15, 0.2) is 24.4 Å². The molecular formula is C16H20N4O. The van der Waals surface area contributed by atoms with Gasteiger partial charge in [0.05, 0.1) is 6.04 Å². The molecule has 3 heterocycles. The second-order valence-electron chi connectivity index (χ2n) is 5.49. The molecule has 5 heteroatoms. The lowest BCUT2D eigenvalue weighted by atomic mass is 10.1. The number of carbonyl (C=O) groups is 1. The van der Waals surface area contributed by atoms with Gasteiger partial charge in [-0.25, -0.2) is 9.97 Å². The lowest BCUT2D eigenvalue weighted by Crippen LogP contribution is -2.42. The quantitative estimate of drug-likeness (QED) is 0.851. The van der Waals surface area contributed by atoms with E-state index in [1.807, 2.05) is 24.8 Å². The normalized spacial score (nSPS) is 17.7. The Morgan fingerprint density at radius 1 is 1.33 bits per heavy atom. The number of amides is 1. The average Bonchev–Trinajstić information content (AvgIpc) is 2.92. The van der Waals surface area contributed by atoms with Crippen LogP contribution in [-0.2, 0) is 6.54 Å². The summed E-state index contributed by atoms with van der Waals surface area (Å²) in [5, 5.41) is 0. The molecular weight excluding hydrogens is 264 g/mol. The molecule has 2 aromatic heterocycles. The minimum Gasteiger partial charge on any atom is -0.348 e. The molecule has 1 unspecified atom stereocenters. The van der Waals surface area contributed by atoms with Crippen LogP contribution in [0.1, 0.15) is 47.1 Å². The maximum atomic E-state index is 12.8. The van der Waals surface area contributed by atoms with Crippen molar-refractivity contribution in [2.45, 2.75) is 39.8 Å². The van der Waals surface area contributed by atoms with E-state index in [1.165, 1.54) is 5.69 Å². The summed E-state index contributed by atoms with van der Waals surface area (Å²) in [6.07, 6.45) is 2.98. The van der Waals surface area contributed by atoms with Crippen molar-refractivity contribution >= 4 is 5.91 Å². The maximum Gasteiger partial charge on any atom is 0.273 e. The topological polar surface area (TPSA) is 51.0 Å². The van der Waals surface area contributed by atoms with Crippen molar-refractivity contribution in [3.63, 3.8) is 0 Å². The summed E-state index contributed by atoms with van der Waals surface area (Å²) < 4.78 is 2.23. The Labute approximate surface area is 124 Å². The van der Waals surface area contributed by atoms with Crippen molar-refractivity contribution < 1.29 is 4.79 Å². The third-order valence-electron chi connectivity index (χ3n) is 4.00. The zero-order valence-electron chi connectivity index (χ0n) is 12.7. The van der Waals surface area contributed by atoms with Crippen LogP contribution in [0.4, 0.5) is 0 Å². The first-order valence-corrected chi connectivity index (χ1v) is 7.38. The van der Waals surface area contributed by atoms with Gasteiger partial charge >= 0.3 is 0 Å². The van der Waals surface area contributed by atoms with Crippen LogP contribution in [0, 0.1) is 13.8 Å². The van der Waals surface area contributed by atoms with E-state index < -0.39 is 0 Å². The number of carbonyl (C=O) groups excluding carboxylic acids is 1. The van der Waals surface area contributed by atoms with E-state index in [2.05, 4.69) is 33.7 Å². The molecule has 0 aromatic carbocycles. The largest absolute Gasteiger partial charge is 0.348 e. The Hall–Kier alpha value is -2.17. The first-order valence-electron chi connectivity index (χ1n) is 7.38. The first-order chi connectivity index (χ1) is 10.1. The Morgan fingerprint density at radius 3 is 2.86 bits per heavy atom. The summed E-state index contributed by atoms with van der Waals surface area (Å²) in [4.78, 5) is 23.3. The highest BCUT2D eigenvalue weighted by molar-refractivity contribution is 5.92. The van der Waals surface area contributed by atoms with Gasteiger partial charge < -0.3 is 9.47 Å². The summed E-state index contributed by atoms with van der Waals surface area (Å²) in [6, 6.07) is 6.04. The van der Waals surface area contributed by atoms with E-state index in [0.29, 0.717) is 11.5 Å². The number of aromatic nitrogens is 3. The molecule has 0 saturated heterocycles. The number of fused-ring (bicyclic) bond motifs is 1. The molecule has 21 heavy (non-hydrogen) atoms. The average molecular weight is 284 g/mol. The molecule has 0 bridgehead atoms. The van der Waals surface area contributed by atoms with Gasteiger partial charge in [0.15, 0.2) is 0 Å². The number of aryl methyl sites for hydroxylation is 2. The Bertz CT molecular complexity index is 656. The third-order valence-corrected chi connectivity index (χ3v) is 4.00. The molecule has 0 radical (unpaired) electrons. The van der Waals surface area contributed by atoms with E-state index >= 15 is 0 Å². The van der Waals surface area contributed by atoms with Gasteiger partial charge in [-0.05, 0) is 38.5 Å². The van der Waals surface area contributed by atoms with Gasteiger partial charge in [-0.2, -0.15) is 0 Å². The lowest BCUT2D eigenvalue weighted by molar-refractivity contribution is 0.0611. The van der Waals surface area contributed by atoms with E-state index in [-0.39, 0.29) is 11.9 Å². The van der Waals surface area contributed by atoms with Crippen LogP contribution in [0.5, 0.6) is 0 Å². The molecule has 0 fully saturated rings. The molecule has 0 N–H and O–H groups in total. The zero-order chi connectivity index (χ0) is 15.0. The minimum absolute atomic E-state index is 0.00269. The number of hydrogen-bond donors (Lipinski definition) is 0. The smallest absolute Gasteiger partial charge is 0.273 e. The molecule has 2 aromatic rings. The van der Waals surface area contributed by atoms with Gasteiger partial charge in [0, 0.05) is 30.7 Å². The summed E-state index contributed by atoms with van der Waals surface area (Å²) in [5.74, 6) is 0.648. The van der Waals surface area contributed by atoms with Crippen LogP contribution in [0.2, 0.25) is 0 Å². The van der Waals surface area contributed by atoms with Crippen LogP contribution < -0.4 is 0 Å². The van der Waals surface area contributed by atoms with Crippen LogP contribution in [-0.4, -0.2) is 31.9 Å². The third kappa shape index (κ3) is 2.44. The Morgan fingerprint density at radius 2 is 2.14 bits per heavy atom. The van der Waals surface area contributed by atoms with Crippen molar-refractivity contribution in [2.75, 3.05) is 6.54 Å². The monoisotopic (exact) mass is 284 g/mol. The number of rotatable bonds is 2. The van der Waals surface area contributed by atoms with Gasteiger partial charge in [0.2, 0.25) is 0 Å². The lowest BCUT2D eigenvalue weighted by Gasteiger charge is -2.36. The Kier molecular flexibility index (Phi) is 3.49. The molecule has 0 saturated carbocycles. The highest BCUT2D eigenvalue weighted by Crippen LogP contribution is 2.29. The van der Waals surface area contributed by atoms with Gasteiger partial charge in [-0.15, -0.1) is 0 Å². The fraction of sp³-hybridized carbons (Fsp3) is 0.438. The molecule has 1 amide bonds. The van der Waals surface area contributed by atoms with Crippen molar-refractivity contribution in [1.82, 2.24) is 19.4 Å². The number of hydrogen-bond acceptors (Lipinski definition) is 3. The van der Waals surface area contributed by atoms with E-state index in [0.717, 1.165) is 25.2 Å². The van der Waals surface area contributed by atoms with Gasteiger partial charge in [-0.3, -0.25) is 4.79 Å². The van der Waals surface area contributed by atoms with E-state index in [1.54, 1.807) is 6.07 Å². The molecule has 1 aliphatic rings. The van der Waals surface area contributed by atoms with Gasteiger partial charge in [0.1, 0.15) is 11.5 Å². The van der Waals surface area contributed by atoms with Gasteiger partial charge in [-0.1, -0.05) is 6.92 Å². The molecule has 3 rings (SSSR count). The second-order valence-corrected chi connectivity index (χ2v) is 5.49. The van der Waals surface area contributed by atoms with Crippen LogP contribution in [0.3, 0.4) is 0 Å². The Balaban J connectivity index is 1.94. The zero-order valence-corrected chi connectivity index (χ0v) is 12.7. The molecule has 1 atom stereocenters. The van der Waals surface area contributed by atoms with Crippen LogP contribution in [0.25, 0.3) is 0 Å². The fourth-order valence-electron chi connectivity index (χ4n) is 3.11. The highest BCUT2D eigenvalue weighted by Gasteiger charge is 2.30. The highest BCUT2D eigenvalue weighted by atomic mass is 16.2. The molecule has 5 nitrogen and oxygen atoms in total. The molecule has 1 aliphatic heterocycles. The minimum atomic E-state index is 0.00269. The first kappa shape index (κ1) is 13.8. The van der Waals surface area contributed by atoms with Gasteiger partial charge in [0.25, 0.3) is 5.91 Å². The fourth-order valence-corrected chi connectivity index (χ4v) is 3.11. The van der Waals surface area contributed by atoms with Crippen LogP contribution >= 0.6 is 0 Å². The predicted octanol–water partition coefficient (Wildman–Crippen LogP) is 2.50. The standard InChI is InChI=1S/C16H20N4O/c1-4-14-15-6-5-7-19(15)8-9-20(14)16(21)13-10-11(2)17-12(3)18-13/h5-7,10,14H,4,8-9H2,1-3H3. The summed E-state index contributed by atoms with van der Waals surface area (Å²) in [5.41, 5.74) is 2.54. The maximum absolute atomic E-state index is 12.8. The van der Waals surface area contributed by atoms with Crippen molar-refractivity contribution in [3.05, 3.63) is 47.3 Å². The van der Waals surface area contributed by atoms with Crippen molar-refractivity contribution in [2.24, 2.45) is 0 Å². The van der Waals surface area contributed by atoms with Crippen molar-refractivity contribution in [1.29, 1.82) is 0 Å². The van der Waals surface area contributed by atoms with E-state index in [9.17, 15) is 4.79 Å². The summed E-state index contributed by atoms with van der Waals surface area (Å²) in [6.45, 7) is 7.39. The molecule has 110 valence electrons. The number of nitrogens with zero attached hydrogens (tertiary/aromatic N) is 4. The van der Waals surface area contributed by atoms with E-state index in [4.69, 9.17) is 0 Å². The molecule has 0 aliphatic carbocycles.